The zero-order chi connectivity index (χ0) is 30.5. The molecule has 1 aromatic rings. The summed E-state index contributed by atoms with van der Waals surface area (Å²) in [6.45, 7) is 10.8. The first-order valence-corrected chi connectivity index (χ1v) is 16.3. The number of ether oxygens (including phenoxy) is 2. The van der Waals surface area contributed by atoms with Gasteiger partial charge in [-0.3, -0.25) is 0 Å². The van der Waals surface area contributed by atoms with Crippen LogP contribution in [-0.2, 0) is 25.5 Å². The summed E-state index contributed by atoms with van der Waals surface area (Å²) in [5.74, 6) is 1.47. The smallest absolute Gasteiger partial charge is 0.335 e. The topological polar surface area (TPSA) is 72.8 Å². The van der Waals surface area contributed by atoms with Crippen LogP contribution in [0.25, 0.3) is 0 Å². The number of aryl methyl sites for hydroxylation is 1. The minimum Gasteiger partial charge on any atom is -0.462 e. The van der Waals surface area contributed by atoms with Gasteiger partial charge in [0.25, 0.3) is 0 Å². The van der Waals surface area contributed by atoms with Crippen LogP contribution in [0, 0.1) is 29.5 Å². The molecular formula is C36H53FO5. The molecule has 0 amide bonds. The lowest BCUT2D eigenvalue weighted by Crippen LogP contribution is -2.26. The predicted molar refractivity (Wildman–Crippen MR) is 165 cm³/mol. The molecule has 6 heteroatoms. The highest BCUT2D eigenvalue weighted by Crippen LogP contribution is 2.44. The fourth-order valence-electron chi connectivity index (χ4n) is 6.82. The van der Waals surface area contributed by atoms with Crippen LogP contribution in [0.5, 0.6) is 0 Å². The number of halogens is 1. The molecule has 2 aliphatic carbocycles. The lowest BCUT2D eigenvalue weighted by atomic mass is 9.68. The van der Waals surface area contributed by atoms with Crippen molar-refractivity contribution in [3.05, 3.63) is 59.4 Å². The van der Waals surface area contributed by atoms with Crippen molar-refractivity contribution in [1.29, 1.82) is 0 Å². The van der Waals surface area contributed by atoms with Gasteiger partial charge < -0.3 is 14.6 Å². The highest BCUT2D eigenvalue weighted by molar-refractivity contribution is 5.88. The first-order chi connectivity index (χ1) is 20.2. The minimum absolute atomic E-state index is 0.0166. The maximum Gasteiger partial charge on any atom is 0.335 e. The van der Waals surface area contributed by atoms with Crippen molar-refractivity contribution in [3.8, 4) is 0 Å². The Balaban J connectivity index is 1.41. The van der Waals surface area contributed by atoms with Crippen molar-refractivity contribution in [3.63, 3.8) is 0 Å². The van der Waals surface area contributed by atoms with Crippen LogP contribution in [0.1, 0.15) is 114 Å². The number of hydrogen-bond donors (Lipinski definition) is 1. The molecule has 0 bridgehead atoms. The number of benzene rings is 1. The Morgan fingerprint density at radius 2 is 1.57 bits per heavy atom. The molecule has 1 N–H and O–H groups in total. The second kappa shape index (κ2) is 17.6. The average molecular weight is 585 g/mol. The summed E-state index contributed by atoms with van der Waals surface area (Å²) in [5.41, 5.74) is 2.41. The van der Waals surface area contributed by atoms with Crippen LogP contribution in [0.3, 0.4) is 0 Å². The van der Waals surface area contributed by atoms with Gasteiger partial charge in [-0.1, -0.05) is 57.9 Å². The van der Waals surface area contributed by atoms with Gasteiger partial charge in [-0.25, -0.2) is 14.0 Å². The summed E-state index contributed by atoms with van der Waals surface area (Å²) in [6, 6.07) is 6.02. The summed E-state index contributed by atoms with van der Waals surface area (Å²) in [6.07, 6.45) is 15.7. The molecule has 5 nitrogen and oxygen atoms in total. The molecule has 42 heavy (non-hydrogen) atoms. The number of unbranched alkanes of at least 4 members (excludes halogenated alkanes) is 2. The normalized spacial score (nSPS) is 23.1. The van der Waals surface area contributed by atoms with Gasteiger partial charge in [0, 0.05) is 11.5 Å². The van der Waals surface area contributed by atoms with E-state index in [1.165, 1.54) is 44.1 Å². The third-order valence-corrected chi connectivity index (χ3v) is 9.64. The zero-order valence-electron chi connectivity index (χ0n) is 26.0. The van der Waals surface area contributed by atoms with Crippen molar-refractivity contribution in [2.45, 2.75) is 110 Å². The van der Waals surface area contributed by atoms with Crippen LogP contribution < -0.4 is 0 Å². The summed E-state index contributed by atoms with van der Waals surface area (Å²) in [4.78, 5) is 23.9. The number of carbonyl (C=O) groups excluding carboxylic acids is 2. The van der Waals surface area contributed by atoms with E-state index >= 15 is 0 Å². The fraction of sp³-hybridized carbons (Fsp3) is 0.667. The van der Waals surface area contributed by atoms with Crippen LogP contribution in [0.4, 0.5) is 4.39 Å². The number of rotatable bonds is 16. The van der Waals surface area contributed by atoms with Crippen LogP contribution in [-0.4, -0.2) is 36.9 Å². The van der Waals surface area contributed by atoms with Gasteiger partial charge in [0.1, 0.15) is 5.82 Å². The fourth-order valence-corrected chi connectivity index (χ4v) is 6.82. The van der Waals surface area contributed by atoms with Crippen molar-refractivity contribution >= 4 is 11.9 Å². The number of esters is 2. The predicted octanol–water partition coefficient (Wildman–Crippen LogP) is 8.25. The van der Waals surface area contributed by atoms with Gasteiger partial charge in [0.2, 0.25) is 0 Å². The summed E-state index contributed by atoms with van der Waals surface area (Å²) in [5, 5.41) is 9.12. The van der Waals surface area contributed by atoms with Gasteiger partial charge in [-0.2, -0.15) is 0 Å². The van der Waals surface area contributed by atoms with Gasteiger partial charge >= 0.3 is 11.9 Å². The second-order valence-electron chi connectivity index (χ2n) is 12.9. The molecule has 0 aliphatic heterocycles. The van der Waals surface area contributed by atoms with Crippen molar-refractivity contribution in [2.24, 2.45) is 23.7 Å². The molecule has 0 heterocycles. The summed E-state index contributed by atoms with van der Waals surface area (Å²) < 4.78 is 25.4. The van der Waals surface area contributed by atoms with E-state index in [9.17, 15) is 14.0 Å². The Kier molecular flexibility index (Phi) is 14.3. The van der Waals surface area contributed by atoms with Gasteiger partial charge in [0.05, 0.1) is 25.4 Å². The second-order valence-corrected chi connectivity index (χ2v) is 12.9. The van der Waals surface area contributed by atoms with E-state index in [4.69, 9.17) is 14.6 Å². The van der Waals surface area contributed by atoms with E-state index in [1.807, 2.05) is 12.1 Å². The molecule has 0 aromatic heterocycles. The Labute approximate surface area is 252 Å². The maximum atomic E-state index is 14.7. The molecule has 0 saturated heterocycles. The molecule has 1 aromatic carbocycles. The average Bonchev–Trinajstić information content (AvgIpc) is 3.01. The first kappa shape index (κ1) is 34.0. The molecule has 2 fully saturated rings. The quantitative estimate of drug-likeness (QED) is 0.120. The molecule has 1 atom stereocenters. The van der Waals surface area contributed by atoms with Crippen molar-refractivity contribution in [2.75, 3.05) is 19.8 Å². The van der Waals surface area contributed by atoms with E-state index < -0.39 is 18.5 Å². The molecular weight excluding hydrogens is 531 g/mol. The van der Waals surface area contributed by atoms with E-state index in [0.29, 0.717) is 17.4 Å². The van der Waals surface area contributed by atoms with Crippen LogP contribution in [0.2, 0.25) is 0 Å². The number of carbonyl (C=O) groups is 2. The van der Waals surface area contributed by atoms with Crippen LogP contribution >= 0.6 is 0 Å². The number of aliphatic hydroxyl groups excluding tert-OH is 1. The lowest BCUT2D eigenvalue weighted by Gasteiger charge is -2.38. The monoisotopic (exact) mass is 584 g/mol. The van der Waals surface area contributed by atoms with E-state index in [0.717, 1.165) is 68.8 Å². The Morgan fingerprint density at radius 1 is 0.952 bits per heavy atom. The first-order valence-electron chi connectivity index (χ1n) is 16.3. The highest BCUT2D eigenvalue weighted by atomic mass is 19.1. The van der Waals surface area contributed by atoms with E-state index in [-0.39, 0.29) is 30.5 Å². The standard InChI is InChI=1S/C36H53FO5/c1-5-6-7-8-32-19-20-33(21-34(32)37)31-17-15-30(16-18-31)29-13-11-27(12-14-29)9-10-28(23-41-35(39)25(2)3)24-42-36(40)26(4)22-38/h19-21,27-31,38H,2,4-18,22-24H2,1,3H3. The maximum absolute atomic E-state index is 14.7. The van der Waals surface area contributed by atoms with E-state index in [1.54, 1.807) is 6.92 Å². The third kappa shape index (κ3) is 10.7. The molecule has 234 valence electrons. The van der Waals surface area contributed by atoms with Gasteiger partial charge in [0.15, 0.2) is 0 Å². The molecule has 0 spiro atoms. The van der Waals surface area contributed by atoms with Gasteiger partial charge in [-0.15, -0.1) is 0 Å². The van der Waals surface area contributed by atoms with Crippen LogP contribution in [0.15, 0.2) is 42.5 Å². The lowest BCUT2D eigenvalue weighted by molar-refractivity contribution is -0.144. The molecule has 3 rings (SSSR count). The van der Waals surface area contributed by atoms with E-state index in [2.05, 4.69) is 26.1 Å². The largest absolute Gasteiger partial charge is 0.462 e. The summed E-state index contributed by atoms with van der Waals surface area (Å²) >= 11 is 0. The van der Waals surface area contributed by atoms with Gasteiger partial charge in [-0.05, 0) is 112 Å². The summed E-state index contributed by atoms with van der Waals surface area (Å²) in [7, 11) is 0. The Morgan fingerprint density at radius 3 is 2.14 bits per heavy atom. The van der Waals surface area contributed by atoms with Crippen molar-refractivity contribution < 1.29 is 28.6 Å². The molecule has 0 radical (unpaired) electrons. The molecule has 2 saturated carbocycles. The zero-order valence-corrected chi connectivity index (χ0v) is 26.0. The number of hydrogen-bond acceptors (Lipinski definition) is 5. The SMILES string of the molecule is C=C(C)C(=O)OCC(CCC1CCC(C2CCC(c3ccc(CCCCC)c(F)c3)CC2)CC1)COC(=O)C(=C)CO. The Bertz CT molecular complexity index is 1030. The number of aliphatic hydroxyl groups is 1. The molecule has 1 unspecified atom stereocenters. The van der Waals surface area contributed by atoms with Crippen molar-refractivity contribution in [1.82, 2.24) is 0 Å². The Hall–Kier alpha value is -2.47. The molecule has 2 aliphatic rings. The highest BCUT2D eigenvalue weighted by Gasteiger charge is 2.32. The third-order valence-electron chi connectivity index (χ3n) is 9.64. The minimum atomic E-state index is -0.617.